The van der Waals surface area contributed by atoms with Crippen LogP contribution in [0.3, 0.4) is 0 Å². The summed E-state index contributed by atoms with van der Waals surface area (Å²) in [5, 5.41) is 0. The van der Waals surface area contributed by atoms with Gasteiger partial charge in [-0.05, 0) is 34.9 Å². The van der Waals surface area contributed by atoms with E-state index in [2.05, 4.69) is 46.4 Å². The number of nitrogens with zero attached hydrogens (tertiary/aromatic N) is 2. The van der Waals surface area contributed by atoms with E-state index in [4.69, 9.17) is 4.74 Å². The van der Waals surface area contributed by atoms with Crippen molar-refractivity contribution in [2.24, 2.45) is 5.92 Å². The van der Waals surface area contributed by atoms with Crippen molar-refractivity contribution in [2.45, 2.75) is 26.7 Å². The first-order chi connectivity index (χ1) is 6.74. The summed E-state index contributed by atoms with van der Waals surface area (Å²) in [7, 11) is 0. The zero-order chi connectivity index (χ0) is 10.4. The minimum Gasteiger partial charge on any atom is -0.477 e. The van der Waals surface area contributed by atoms with Crippen LogP contribution >= 0.6 is 22.6 Å². The van der Waals surface area contributed by atoms with E-state index in [0.29, 0.717) is 11.8 Å². The van der Waals surface area contributed by atoms with Crippen LogP contribution in [0.1, 0.15) is 26.7 Å². The topological polar surface area (TPSA) is 35.0 Å². The third-order valence-corrected chi connectivity index (χ3v) is 2.66. The standard InChI is InChI=1S/C10H15IN2O/c1-3-4-8(2)6-14-10-9(11)5-12-7-13-10/h5,7-8H,3-4,6H2,1-2H3. The van der Waals surface area contributed by atoms with Crippen molar-refractivity contribution in [2.75, 3.05) is 6.61 Å². The normalized spacial score (nSPS) is 12.5. The molecule has 0 bridgehead atoms. The maximum Gasteiger partial charge on any atom is 0.230 e. The van der Waals surface area contributed by atoms with Crippen LogP contribution in [0.5, 0.6) is 5.88 Å². The van der Waals surface area contributed by atoms with E-state index < -0.39 is 0 Å². The quantitative estimate of drug-likeness (QED) is 0.785. The molecule has 0 aliphatic rings. The van der Waals surface area contributed by atoms with Crippen LogP contribution in [0.25, 0.3) is 0 Å². The molecule has 14 heavy (non-hydrogen) atoms. The molecule has 0 aromatic carbocycles. The summed E-state index contributed by atoms with van der Waals surface area (Å²) in [6.07, 6.45) is 5.67. The Morgan fingerprint density at radius 2 is 2.36 bits per heavy atom. The summed E-state index contributed by atoms with van der Waals surface area (Å²) < 4.78 is 6.56. The Kier molecular flexibility index (Phi) is 5.14. The summed E-state index contributed by atoms with van der Waals surface area (Å²) in [5.74, 6) is 1.29. The number of halogens is 1. The Hall–Kier alpha value is -0.390. The summed E-state index contributed by atoms with van der Waals surface area (Å²) in [6.45, 7) is 5.11. The summed E-state index contributed by atoms with van der Waals surface area (Å²) in [4.78, 5) is 7.98. The largest absolute Gasteiger partial charge is 0.477 e. The number of aromatic nitrogens is 2. The summed E-state index contributed by atoms with van der Waals surface area (Å²) in [6, 6.07) is 0. The van der Waals surface area contributed by atoms with Gasteiger partial charge in [-0.2, -0.15) is 0 Å². The monoisotopic (exact) mass is 306 g/mol. The Morgan fingerprint density at radius 1 is 1.57 bits per heavy atom. The molecule has 1 unspecified atom stereocenters. The second-order valence-corrected chi connectivity index (χ2v) is 4.54. The third-order valence-electron chi connectivity index (χ3n) is 1.92. The molecular weight excluding hydrogens is 291 g/mol. The van der Waals surface area contributed by atoms with Gasteiger partial charge in [-0.3, -0.25) is 0 Å². The van der Waals surface area contributed by atoms with Crippen molar-refractivity contribution in [3.05, 3.63) is 16.1 Å². The first-order valence-electron chi connectivity index (χ1n) is 4.82. The van der Waals surface area contributed by atoms with E-state index in [-0.39, 0.29) is 0 Å². The van der Waals surface area contributed by atoms with Crippen LogP contribution < -0.4 is 4.74 Å². The lowest BCUT2D eigenvalue weighted by Gasteiger charge is -2.11. The Morgan fingerprint density at radius 3 is 3.00 bits per heavy atom. The van der Waals surface area contributed by atoms with E-state index in [0.717, 1.165) is 10.2 Å². The van der Waals surface area contributed by atoms with Crippen molar-refractivity contribution in [3.63, 3.8) is 0 Å². The molecule has 1 aromatic rings. The molecule has 0 N–H and O–H groups in total. The van der Waals surface area contributed by atoms with E-state index in [1.807, 2.05) is 0 Å². The van der Waals surface area contributed by atoms with Crippen LogP contribution in [0.15, 0.2) is 12.5 Å². The second kappa shape index (κ2) is 6.16. The Balaban J connectivity index is 2.41. The van der Waals surface area contributed by atoms with Gasteiger partial charge in [-0.1, -0.05) is 20.3 Å². The summed E-state index contributed by atoms with van der Waals surface area (Å²) >= 11 is 2.18. The minimum atomic E-state index is 0.589. The predicted molar refractivity (Wildman–Crippen MR) is 64.3 cm³/mol. The first kappa shape index (κ1) is 11.7. The molecule has 1 aromatic heterocycles. The van der Waals surface area contributed by atoms with Crippen molar-refractivity contribution in [3.8, 4) is 5.88 Å². The van der Waals surface area contributed by atoms with E-state index in [9.17, 15) is 0 Å². The van der Waals surface area contributed by atoms with Gasteiger partial charge >= 0.3 is 0 Å². The van der Waals surface area contributed by atoms with Crippen LogP contribution in [-0.4, -0.2) is 16.6 Å². The molecule has 0 amide bonds. The third kappa shape index (κ3) is 3.77. The molecule has 0 fully saturated rings. The van der Waals surface area contributed by atoms with Crippen molar-refractivity contribution in [1.82, 2.24) is 9.97 Å². The van der Waals surface area contributed by atoms with Gasteiger partial charge in [0.15, 0.2) is 0 Å². The maximum atomic E-state index is 5.59. The SMILES string of the molecule is CCCC(C)COc1ncncc1I. The van der Waals surface area contributed by atoms with Gasteiger partial charge in [0, 0.05) is 6.20 Å². The average Bonchev–Trinajstić information content (AvgIpc) is 2.17. The Bertz CT molecular complexity index is 281. The molecule has 1 rings (SSSR count). The predicted octanol–water partition coefficient (Wildman–Crippen LogP) is 2.90. The highest BCUT2D eigenvalue weighted by molar-refractivity contribution is 14.1. The molecule has 78 valence electrons. The molecule has 0 aliphatic heterocycles. The number of ether oxygens (including phenoxy) is 1. The second-order valence-electron chi connectivity index (χ2n) is 3.38. The molecule has 0 spiro atoms. The number of hydrogen-bond acceptors (Lipinski definition) is 3. The molecule has 1 atom stereocenters. The van der Waals surface area contributed by atoms with Gasteiger partial charge in [0.2, 0.25) is 5.88 Å². The molecular formula is C10H15IN2O. The van der Waals surface area contributed by atoms with E-state index in [1.54, 1.807) is 6.20 Å². The van der Waals surface area contributed by atoms with Gasteiger partial charge in [0.05, 0.1) is 10.2 Å². The molecule has 0 saturated heterocycles. The zero-order valence-electron chi connectivity index (χ0n) is 8.53. The number of rotatable bonds is 5. The highest BCUT2D eigenvalue weighted by Gasteiger charge is 2.05. The first-order valence-corrected chi connectivity index (χ1v) is 5.90. The van der Waals surface area contributed by atoms with Gasteiger partial charge in [0.25, 0.3) is 0 Å². The van der Waals surface area contributed by atoms with Crippen LogP contribution in [0.4, 0.5) is 0 Å². The zero-order valence-corrected chi connectivity index (χ0v) is 10.7. The average molecular weight is 306 g/mol. The van der Waals surface area contributed by atoms with Crippen molar-refractivity contribution in [1.29, 1.82) is 0 Å². The van der Waals surface area contributed by atoms with Gasteiger partial charge in [-0.25, -0.2) is 9.97 Å². The van der Waals surface area contributed by atoms with E-state index >= 15 is 0 Å². The Labute approximate surface area is 98.4 Å². The van der Waals surface area contributed by atoms with E-state index in [1.165, 1.54) is 19.2 Å². The lowest BCUT2D eigenvalue weighted by atomic mass is 10.1. The lowest BCUT2D eigenvalue weighted by Crippen LogP contribution is -2.09. The van der Waals surface area contributed by atoms with Gasteiger partial charge in [-0.15, -0.1) is 0 Å². The fourth-order valence-electron chi connectivity index (χ4n) is 1.20. The van der Waals surface area contributed by atoms with Crippen molar-refractivity contribution >= 4 is 22.6 Å². The van der Waals surface area contributed by atoms with Crippen LogP contribution in [0, 0.1) is 9.49 Å². The molecule has 0 radical (unpaired) electrons. The fraction of sp³-hybridized carbons (Fsp3) is 0.600. The summed E-state index contributed by atoms with van der Waals surface area (Å²) in [5.41, 5.74) is 0. The molecule has 0 saturated carbocycles. The highest BCUT2D eigenvalue weighted by Crippen LogP contribution is 2.16. The van der Waals surface area contributed by atoms with Crippen LogP contribution in [0.2, 0.25) is 0 Å². The molecule has 3 nitrogen and oxygen atoms in total. The smallest absolute Gasteiger partial charge is 0.230 e. The van der Waals surface area contributed by atoms with Gasteiger partial charge < -0.3 is 4.74 Å². The lowest BCUT2D eigenvalue weighted by molar-refractivity contribution is 0.241. The minimum absolute atomic E-state index is 0.589. The molecule has 0 aliphatic carbocycles. The number of hydrogen-bond donors (Lipinski definition) is 0. The highest BCUT2D eigenvalue weighted by atomic mass is 127. The maximum absolute atomic E-state index is 5.59. The fourth-order valence-corrected chi connectivity index (χ4v) is 1.66. The molecule has 4 heteroatoms. The molecule has 1 heterocycles. The van der Waals surface area contributed by atoms with Crippen molar-refractivity contribution < 1.29 is 4.74 Å². The van der Waals surface area contributed by atoms with Crippen LogP contribution in [-0.2, 0) is 0 Å². The van der Waals surface area contributed by atoms with Gasteiger partial charge in [0.1, 0.15) is 6.33 Å².